The molecule has 3 N–H and O–H groups in total. The molecule has 0 radical (unpaired) electrons. The van der Waals surface area contributed by atoms with E-state index in [9.17, 15) is 14.7 Å². The van der Waals surface area contributed by atoms with Crippen LogP contribution >= 0.6 is 0 Å². The third-order valence-electron chi connectivity index (χ3n) is 6.08. The number of nitrogens with one attached hydrogen (secondary N) is 2. The number of carbonyl (C=O) groups excluding carboxylic acids is 2. The maximum atomic E-state index is 13.1. The number of phenolic OH excluding ortho intramolecular Hbond substituents is 1. The smallest absolute Gasteiger partial charge is 0.267 e. The van der Waals surface area contributed by atoms with Crippen LogP contribution in [0.25, 0.3) is 6.08 Å². The van der Waals surface area contributed by atoms with E-state index in [0.29, 0.717) is 17.7 Å². The number of aryl methyl sites for hydroxylation is 1. The molecule has 6 heteroatoms. The zero-order chi connectivity index (χ0) is 27.3. The molecule has 0 unspecified atom stereocenters. The summed E-state index contributed by atoms with van der Waals surface area (Å²) in [5.41, 5.74) is 3.36. The molecule has 4 aromatic rings. The SMILES string of the molecule is O=C(NCCCCc1ccccc1)C(=Cc1ccc(O)c(OCc2ccccc2)c1)NC(=O)c1ccccc1. The van der Waals surface area contributed by atoms with Crippen molar-refractivity contribution in [3.05, 3.63) is 137 Å². The topological polar surface area (TPSA) is 87.7 Å². The third kappa shape index (κ3) is 8.61. The van der Waals surface area contributed by atoms with Gasteiger partial charge in [-0.3, -0.25) is 9.59 Å². The highest BCUT2D eigenvalue weighted by Gasteiger charge is 2.15. The zero-order valence-corrected chi connectivity index (χ0v) is 21.7. The van der Waals surface area contributed by atoms with E-state index >= 15 is 0 Å². The van der Waals surface area contributed by atoms with Crippen LogP contribution in [0.1, 0.15) is 39.9 Å². The Morgan fingerprint density at radius 2 is 1.41 bits per heavy atom. The van der Waals surface area contributed by atoms with E-state index in [1.54, 1.807) is 42.5 Å². The lowest BCUT2D eigenvalue weighted by molar-refractivity contribution is -0.117. The third-order valence-corrected chi connectivity index (χ3v) is 6.08. The Kier molecular flexibility index (Phi) is 9.90. The number of unbranched alkanes of at least 4 members (excludes halogenated alkanes) is 1. The van der Waals surface area contributed by atoms with Gasteiger partial charge in [0.05, 0.1) is 0 Å². The van der Waals surface area contributed by atoms with E-state index in [-0.39, 0.29) is 35.6 Å². The number of hydrogen-bond donors (Lipinski definition) is 3. The summed E-state index contributed by atoms with van der Waals surface area (Å²) in [5.74, 6) is -0.511. The molecule has 39 heavy (non-hydrogen) atoms. The summed E-state index contributed by atoms with van der Waals surface area (Å²) >= 11 is 0. The minimum Gasteiger partial charge on any atom is -0.504 e. The van der Waals surface area contributed by atoms with Crippen molar-refractivity contribution in [1.82, 2.24) is 10.6 Å². The first kappa shape index (κ1) is 27.2. The summed E-state index contributed by atoms with van der Waals surface area (Å²) < 4.78 is 5.82. The van der Waals surface area contributed by atoms with Crippen molar-refractivity contribution in [3.63, 3.8) is 0 Å². The van der Waals surface area contributed by atoms with Gasteiger partial charge in [-0.1, -0.05) is 84.9 Å². The Balaban J connectivity index is 1.45. The molecule has 0 aliphatic heterocycles. The summed E-state index contributed by atoms with van der Waals surface area (Å²) in [6, 6.07) is 33.4. The Morgan fingerprint density at radius 1 is 0.769 bits per heavy atom. The minimum absolute atomic E-state index is 0.0131. The van der Waals surface area contributed by atoms with Crippen LogP contribution in [0.3, 0.4) is 0 Å². The number of hydrogen-bond acceptors (Lipinski definition) is 4. The number of phenols is 1. The van der Waals surface area contributed by atoms with Crippen LogP contribution in [0, 0.1) is 0 Å². The molecule has 6 nitrogen and oxygen atoms in total. The summed E-state index contributed by atoms with van der Waals surface area (Å²) in [4.78, 5) is 26.0. The molecule has 0 saturated carbocycles. The maximum absolute atomic E-state index is 13.1. The monoisotopic (exact) mass is 520 g/mol. The van der Waals surface area contributed by atoms with Crippen LogP contribution in [0.5, 0.6) is 11.5 Å². The fourth-order valence-corrected chi connectivity index (χ4v) is 3.98. The van der Waals surface area contributed by atoms with Gasteiger partial charge in [0.25, 0.3) is 11.8 Å². The Morgan fingerprint density at radius 3 is 2.10 bits per heavy atom. The first-order chi connectivity index (χ1) is 19.1. The standard InChI is InChI=1S/C33H32N2O4/c36-30-20-19-27(23-31(30)39-24-26-15-6-2-7-16-26)22-29(35-32(37)28-17-8-3-9-18-28)33(38)34-21-11-10-14-25-12-4-1-5-13-25/h1-9,12-13,15-20,22-23,36H,10-11,14,21,24H2,(H,34,38)(H,35,37). The quantitative estimate of drug-likeness (QED) is 0.161. The van der Waals surface area contributed by atoms with Gasteiger partial charge < -0.3 is 20.5 Å². The van der Waals surface area contributed by atoms with Gasteiger partial charge in [0.2, 0.25) is 0 Å². The molecule has 0 fully saturated rings. The minimum atomic E-state index is -0.390. The van der Waals surface area contributed by atoms with Gasteiger partial charge in [-0.05, 0) is 66.3 Å². The fraction of sp³-hybridized carbons (Fsp3) is 0.152. The molecule has 0 aromatic heterocycles. The molecule has 0 aliphatic rings. The zero-order valence-electron chi connectivity index (χ0n) is 21.7. The van der Waals surface area contributed by atoms with Crippen LogP contribution in [0.15, 0.2) is 115 Å². The van der Waals surface area contributed by atoms with Crippen LogP contribution in [-0.2, 0) is 17.8 Å². The molecular formula is C33H32N2O4. The first-order valence-corrected chi connectivity index (χ1v) is 13.0. The van der Waals surface area contributed by atoms with Crippen molar-refractivity contribution < 1.29 is 19.4 Å². The second kappa shape index (κ2) is 14.2. The highest BCUT2D eigenvalue weighted by Crippen LogP contribution is 2.28. The first-order valence-electron chi connectivity index (χ1n) is 13.0. The van der Waals surface area contributed by atoms with Crippen molar-refractivity contribution in [3.8, 4) is 11.5 Å². The van der Waals surface area contributed by atoms with Crippen LogP contribution in [0.4, 0.5) is 0 Å². The van der Waals surface area contributed by atoms with Gasteiger partial charge in [-0.15, -0.1) is 0 Å². The molecule has 0 spiro atoms. The van der Waals surface area contributed by atoms with Crippen LogP contribution < -0.4 is 15.4 Å². The number of rotatable bonds is 12. The predicted octanol–water partition coefficient (Wildman–Crippen LogP) is 5.88. The van der Waals surface area contributed by atoms with E-state index in [4.69, 9.17) is 4.74 Å². The molecule has 0 atom stereocenters. The summed E-state index contributed by atoms with van der Waals surface area (Å²) in [5, 5.41) is 16.0. The summed E-state index contributed by atoms with van der Waals surface area (Å²) in [6.07, 6.45) is 4.25. The average Bonchev–Trinajstić information content (AvgIpc) is 2.98. The highest BCUT2D eigenvalue weighted by molar-refractivity contribution is 6.05. The molecule has 0 heterocycles. The number of carbonyl (C=O) groups is 2. The van der Waals surface area contributed by atoms with Crippen molar-refractivity contribution in [2.75, 3.05) is 6.54 Å². The van der Waals surface area contributed by atoms with Crippen molar-refractivity contribution >= 4 is 17.9 Å². The Bertz CT molecular complexity index is 1390. The molecule has 0 bridgehead atoms. The lowest BCUT2D eigenvalue weighted by atomic mass is 10.1. The van der Waals surface area contributed by atoms with Gasteiger partial charge in [-0.2, -0.15) is 0 Å². The van der Waals surface area contributed by atoms with Gasteiger partial charge in [0, 0.05) is 12.1 Å². The molecule has 0 saturated heterocycles. The second-order valence-corrected chi connectivity index (χ2v) is 9.08. The number of ether oxygens (including phenoxy) is 1. The molecule has 4 aromatic carbocycles. The van der Waals surface area contributed by atoms with E-state index in [2.05, 4.69) is 22.8 Å². The number of benzene rings is 4. The summed E-state index contributed by atoms with van der Waals surface area (Å²) in [7, 11) is 0. The second-order valence-electron chi connectivity index (χ2n) is 9.08. The highest BCUT2D eigenvalue weighted by atomic mass is 16.5. The summed E-state index contributed by atoms with van der Waals surface area (Å²) in [6.45, 7) is 0.758. The van der Waals surface area contributed by atoms with Crippen LogP contribution in [-0.4, -0.2) is 23.5 Å². The predicted molar refractivity (Wildman–Crippen MR) is 153 cm³/mol. The van der Waals surface area contributed by atoms with E-state index < -0.39 is 0 Å². The molecular weight excluding hydrogens is 488 g/mol. The normalized spacial score (nSPS) is 11.0. The molecule has 4 rings (SSSR count). The van der Waals surface area contributed by atoms with Crippen molar-refractivity contribution in [1.29, 1.82) is 0 Å². The maximum Gasteiger partial charge on any atom is 0.267 e. The number of amides is 2. The molecule has 198 valence electrons. The Labute approximate surface area is 229 Å². The average molecular weight is 521 g/mol. The van der Waals surface area contributed by atoms with Gasteiger partial charge in [0.15, 0.2) is 11.5 Å². The van der Waals surface area contributed by atoms with Gasteiger partial charge in [-0.25, -0.2) is 0 Å². The van der Waals surface area contributed by atoms with E-state index in [1.807, 2.05) is 54.6 Å². The Hall–Kier alpha value is -4.84. The van der Waals surface area contributed by atoms with Crippen molar-refractivity contribution in [2.24, 2.45) is 0 Å². The van der Waals surface area contributed by atoms with E-state index in [0.717, 1.165) is 24.8 Å². The lowest BCUT2D eigenvalue weighted by Crippen LogP contribution is -2.35. The largest absolute Gasteiger partial charge is 0.504 e. The van der Waals surface area contributed by atoms with E-state index in [1.165, 1.54) is 11.6 Å². The van der Waals surface area contributed by atoms with Gasteiger partial charge >= 0.3 is 0 Å². The lowest BCUT2D eigenvalue weighted by Gasteiger charge is -2.13. The number of aromatic hydroxyl groups is 1. The van der Waals surface area contributed by atoms with Crippen LogP contribution in [0.2, 0.25) is 0 Å². The van der Waals surface area contributed by atoms with Gasteiger partial charge in [0.1, 0.15) is 12.3 Å². The van der Waals surface area contributed by atoms with Crippen molar-refractivity contribution in [2.45, 2.75) is 25.9 Å². The molecule has 0 aliphatic carbocycles. The molecule has 2 amide bonds. The fourth-order valence-electron chi connectivity index (χ4n) is 3.98.